The molecule has 0 spiro atoms. The molecular formula is C23H18ClN5O4. The molecule has 0 aliphatic carbocycles. The van der Waals surface area contributed by atoms with Gasteiger partial charge in [0.2, 0.25) is 0 Å². The van der Waals surface area contributed by atoms with Gasteiger partial charge in [-0.25, -0.2) is 19.1 Å². The molecule has 166 valence electrons. The van der Waals surface area contributed by atoms with Crippen LogP contribution in [0.1, 0.15) is 21.6 Å². The molecule has 0 unspecified atom stereocenters. The molecule has 0 atom stereocenters. The van der Waals surface area contributed by atoms with Gasteiger partial charge in [-0.3, -0.25) is 9.78 Å². The second-order valence-electron chi connectivity index (χ2n) is 7.85. The van der Waals surface area contributed by atoms with Crippen LogP contribution in [0, 0.1) is 6.92 Å². The Morgan fingerprint density at radius 1 is 1.15 bits per heavy atom. The molecule has 0 amide bonds. The third-order valence-corrected chi connectivity index (χ3v) is 5.94. The summed E-state index contributed by atoms with van der Waals surface area (Å²) in [5.41, 5.74) is 1.15. The maximum atomic E-state index is 13.6. The monoisotopic (exact) mass is 463 g/mol. The van der Waals surface area contributed by atoms with Crippen LogP contribution in [0.15, 0.2) is 58.4 Å². The lowest BCUT2D eigenvalue weighted by Gasteiger charge is -2.08. The summed E-state index contributed by atoms with van der Waals surface area (Å²) in [6.07, 6.45) is 1.48. The molecule has 10 heteroatoms. The highest BCUT2D eigenvalue weighted by atomic mass is 35.5. The molecular weight excluding hydrogens is 446 g/mol. The average molecular weight is 464 g/mol. The third kappa shape index (κ3) is 3.25. The van der Waals surface area contributed by atoms with Gasteiger partial charge >= 0.3 is 11.7 Å². The van der Waals surface area contributed by atoms with Gasteiger partial charge in [0.15, 0.2) is 16.9 Å². The molecule has 0 bridgehead atoms. The Labute approximate surface area is 191 Å². The first-order valence-electron chi connectivity index (χ1n) is 10.0. The zero-order valence-corrected chi connectivity index (χ0v) is 18.4. The Morgan fingerprint density at radius 2 is 1.88 bits per heavy atom. The van der Waals surface area contributed by atoms with Crippen molar-refractivity contribution in [3.8, 4) is 5.69 Å². The number of imidazole rings is 1. The first-order valence-corrected chi connectivity index (χ1v) is 10.4. The van der Waals surface area contributed by atoms with Crippen molar-refractivity contribution >= 4 is 39.6 Å². The van der Waals surface area contributed by atoms with Crippen LogP contribution in [0.25, 0.3) is 27.8 Å². The molecule has 2 N–H and O–H groups in total. The van der Waals surface area contributed by atoms with Crippen molar-refractivity contribution in [2.45, 2.75) is 13.5 Å². The zero-order valence-electron chi connectivity index (χ0n) is 17.7. The van der Waals surface area contributed by atoms with Crippen LogP contribution in [0.3, 0.4) is 0 Å². The largest absolute Gasteiger partial charge is 0.477 e. The van der Waals surface area contributed by atoms with E-state index in [2.05, 4.69) is 9.97 Å². The Kier molecular flexibility index (Phi) is 4.71. The number of carboxylic acids is 1. The van der Waals surface area contributed by atoms with Gasteiger partial charge in [0.1, 0.15) is 0 Å². The predicted molar refractivity (Wildman–Crippen MR) is 125 cm³/mol. The van der Waals surface area contributed by atoms with Crippen LogP contribution >= 0.6 is 11.6 Å². The van der Waals surface area contributed by atoms with E-state index in [0.29, 0.717) is 22.5 Å². The summed E-state index contributed by atoms with van der Waals surface area (Å²) in [6.45, 7) is 2.33. The van der Waals surface area contributed by atoms with Crippen LogP contribution in [-0.2, 0) is 13.6 Å². The fraction of sp³-hybridized carbons (Fsp3) is 0.130. The lowest BCUT2D eigenvalue weighted by atomic mass is 10.1. The zero-order chi connectivity index (χ0) is 23.4. The number of nitrogens with one attached hydrogen (secondary N) is 1. The maximum absolute atomic E-state index is 13.6. The first-order chi connectivity index (χ1) is 15.8. The molecule has 2 aromatic carbocycles. The Bertz CT molecular complexity index is 1690. The molecule has 9 nitrogen and oxygen atoms in total. The van der Waals surface area contributed by atoms with Crippen molar-refractivity contribution < 1.29 is 9.90 Å². The summed E-state index contributed by atoms with van der Waals surface area (Å²) >= 11 is 6.16. The highest BCUT2D eigenvalue weighted by molar-refractivity contribution is 6.31. The number of benzene rings is 2. The fourth-order valence-corrected chi connectivity index (χ4v) is 4.31. The van der Waals surface area contributed by atoms with E-state index in [-0.39, 0.29) is 22.5 Å². The number of carboxylic acid groups (broad SMARTS) is 1. The standard InChI is InChI=1S/C23H18ClN5O4/c1-12-3-5-13(6-4-12)10-28-11-25-20-19(28)21(30)29(23(33)26-20)17-15-9-14(24)7-8-16(15)27(2)18(17)22(31)32/h3-9,11H,10H2,1-2H3,(H,26,33)(H,31,32). The number of aromatic amines is 1. The molecule has 0 saturated heterocycles. The summed E-state index contributed by atoms with van der Waals surface area (Å²) in [5.74, 6) is -1.28. The van der Waals surface area contributed by atoms with Crippen LogP contribution in [0.2, 0.25) is 5.02 Å². The van der Waals surface area contributed by atoms with Crippen LogP contribution in [0.5, 0.6) is 0 Å². The number of H-pyrrole nitrogens is 1. The number of aromatic carboxylic acids is 1. The van der Waals surface area contributed by atoms with Gasteiger partial charge in [0.05, 0.1) is 17.5 Å². The van der Waals surface area contributed by atoms with Gasteiger partial charge in [0, 0.05) is 24.0 Å². The maximum Gasteiger partial charge on any atom is 0.354 e. The van der Waals surface area contributed by atoms with E-state index >= 15 is 0 Å². The summed E-state index contributed by atoms with van der Waals surface area (Å²) in [7, 11) is 1.56. The number of fused-ring (bicyclic) bond motifs is 2. The van der Waals surface area contributed by atoms with E-state index in [1.54, 1.807) is 29.8 Å². The van der Waals surface area contributed by atoms with Gasteiger partial charge in [-0.2, -0.15) is 0 Å². The Balaban J connectivity index is 1.82. The second kappa shape index (κ2) is 7.49. The van der Waals surface area contributed by atoms with E-state index in [4.69, 9.17) is 11.6 Å². The molecule has 0 fully saturated rings. The normalized spacial score (nSPS) is 11.5. The number of carbonyl (C=O) groups is 1. The molecule has 33 heavy (non-hydrogen) atoms. The molecule has 5 rings (SSSR count). The number of aromatic nitrogens is 5. The molecule has 0 radical (unpaired) electrons. The summed E-state index contributed by atoms with van der Waals surface area (Å²) in [5, 5.41) is 10.6. The van der Waals surface area contributed by atoms with Crippen molar-refractivity contribution in [3.63, 3.8) is 0 Å². The lowest BCUT2D eigenvalue weighted by molar-refractivity contribution is 0.0687. The average Bonchev–Trinajstić information content (AvgIpc) is 3.28. The number of halogens is 1. The fourth-order valence-electron chi connectivity index (χ4n) is 4.13. The Hall–Kier alpha value is -4.11. The smallest absolute Gasteiger partial charge is 0.354 e. The van der Waals surface area contributed by atoms with E-state index in [9.17, 15) is 19.5 Å². The van der Waals surface area contributed by atoms with Gasteiger partial charge in [0.25, 0.3) is 5.56 Å². The van der Waals surface area contributed by atoms with Crippen LogP contribution < -0.4 is 11.2 Å². The topological polar surface area (TPSA) is 115 Å². The minimum atomic E-state index is -1.28. The second-order valence-corrected chi connectivity index (χ2v) is 8.29. The van der Waals surface area contributed by atoms with Crippen molar-refractivity contribution in [1.82, 2.24) is 23.7 Å². The number of nitrogens with zero attached hydrogens (tertiary/aromatic N) is 4. The van der Waals surface area contributed by atoms with Gasteiger partial charge < -0.3 is 14.2 Å². The summed E-state index contributed by atoms with van der Waals surface area (Å²) in [4.78, 5) is 45.6. The van der Waals surface area contributed by atoms with Crippen LogP contribution in [0.4, 0.5) is 0 Å². The van der Waals surface area contributed by atoms with Crippen molar-refractivity contribution in [2.75, 3.05) is 0 Å². The first kappa shape index (κ1) is 20.8. The van der Waals surface area contributed by atoms with E-state index < -0.39 is 17.2 Å². The molecule has 3 aromatic heterocycles. The minimum Gasteiger partial charge on any atom is -0.477 e. The summed E-state index contributed by atoms with van der Waals surface area (Å²) in [6, 6.07) is 12.6. The van der Waals surface area contributed by atoms with Gasteiger partial charge in [-0.15, -0.1) is 0 Å². The van der Waals surface area contributed by atoms with Crippen molar-refractivity contribution in [2.24, 2.45) is 7.05 Å². The Morgan fingerprint density at radius 3 is 2.58 bits per heavy atom. The summed E-state index contributed by atoms with van der Waals surface area (Å²) < 4.78 is 3.90. The molecule has 0 saturated carbocycles. The molecule has 0 aliphatic heterocycles. The van der Waals surface area contributed by atoms with Crippen LogP contribution in [-0.4, -0.2) is 34.7 Å². The third-order valence-electron chi connectivity index (χ3n) is 5.71. The van der Waals surface area contributed by atoms with Gasteiger partial charge in [-0.1, -0.05) is 41.4 Å². The number of hydrogen-bond donors (Lipinski definition) is 2. The minimum absolute atomic E-state index is 0.0428. The number of hydrogen-bond acceptors (Lipinski definition) is 4. The van der Waals surface area contributed by atoms with E-state index in [1.165, 1.54) is 10.9 Å². The molecule has 5 aromatic rings. The quantitative estimate of drug-likeness (QED) is 0.425. The molecule has 3 heterocycles. The molecule has 0 aliphatic rings. The SMILES string of the molecule is Cc1ccc(Cn2cnc3[nH]c(=O)n(-c4c(C(=O)O)n(C)c5ccc(Cl)cc45)c(=O)c32)cc1. The number of aryl methyl sites for hydroxylation is 2. The lowest BCUT2D eigenvalue weighted by Crippen LogP contribution is -2.35. The van der Waals surface area contributed by atoms with Crippen molar-refractivity contribution in [1.29, 1.82) is 0 Å². The van der Waals surface area contributed by atoms with E-state index in [1.807, 2.05) is 31.2 Å². The number of rotatable bonds is 4. The van der Waals surface area contributed by atoms with Gasteiger partial charge in [-0.05, 0) is 30.7 Å². The van der Waals surface area contributed by atoms with E-state index in [0.717, 1.165) is 15.7 Å². The predicted octanol–water partition coefficient (Wildman–Crippen LogP) is 3.08. The van der Waals surface area contributed by atoms with Crippen molar-refractivity contribution in [3.05, 3.63) is 91.5 Å². The highest BCUT2D eigenvalue weighted by Crippen LogP contribution is 2.30. The highest BCUT2D eigenvalue weighted by Gasteiger charge is 2.26.